The van der Waals surface area contributed by atoms with Gasteiger partial charge in [-0.05, 0) is 31.9 Å². The van der Waals surface area contributed by atoms with Crippen LogP contribution in [-0.4, -0.2) is 26.5 Å². The van der Waals surface area contributed by atoms with Gasteiger partial charge in [0.05, 0.1) is 0 Å². The fourth-order valence-corrected chi connectivity index (χ4v) is 2.97. The number of hydrogen-bond acceptors (Lipinski definition) is 3. The molecule has 1 aliphatic heterocycles. The Balaban J connectivity index is 1.89. The van der Waals surface area contributed by atoms with E-state index in [4.69, 9.17) is 9.47 Å². The van der Waals surface area contributed by atoms with Gasteiger partial charge >= 0.3 is 0 Å². The molecule has 92 valence electrons. The van der Waals surface area contributed by atoms with E-state index in [1.165, 1.54) is 12.0 Å². The molecule has 1 aromatic rings. The van der Waals surface area contributed by atoms with Gasteiger partial charge in [0.1, 0.15) is 5.75 Å². The molecule has 1 heterocycles. The third-order valence-electron chi connectivity index (χ3n) is 4.11. The van der Waals surface area contributed by atoms with Gasteiger partial charge in [-0.2, -0.15) is 0 Å². The zero-order valence-corrected chi connectivity index (χ0v) is 10.4. The summed E-state index contributed by atoms with van der Waals surface area (Å²) >= 11 is 0. The molecule has 3 atom stereocenters. The number of ether oxygens (including phenoxy) is 2. The Kier molecular flexibility index (Phi) is 2.60. The molecule has 0 aromatic heterocycles. The SMILES string of the molecule is COC(C)Oc1ccccc1C12CNCC1C2. The van der Waals surface area contributed by atoms with Crippen LogP contribution >= 0.6 is 0 Å². The van der Waals surface area contributed by atoms with Crippen molar-refractivity contribution in [1.82, 2.24) is 5.32 Å². The predicted molar refractivity (Wildman–Crippen MR) is 66.2 cm³/mol. The van der Waals surface area contributed by atoms with E-state index in [1.54, 1.807) is 7.11 Å². The van der Waals surface area contributed by atoms with Gasteiger partial charge in [-0.15, -0.1) is 0 Å². The maximum absolute atomic E-state index is 5.85. The summed E-state index contributed by atoms with van der Waals surface area (Å²) in [6.45, 7) is 4.15. The van der Waals surface area contributed by atoms with Crippen molar-refractivity contribution in [2.24, 2.45) is 5.92 Å². The number of methoxy groups -OCH3 is 1. The van der Waals surface area contributed by atoms with E-state index in [0.29, 0.717) is 5.41 Å². The Bertz CT molecular complexity index is 420. The van der Waals surface area contributed by atoms with Crippen LogP contribution in [0.3, 0.4) is 0 Å². The van der Waals surface area contributed by atoms with E-state index >= 15 is 0 Å². The first kappa shape index (κ1) is 11.1. The fraction of sp³-hybridized carbons (Fsp3) is 0.571. The van der Waals surface area contributed by atoms with Crippen LogP contribution in [0, 0.1) is 5.92 Å². The second-order valence-electron chi connectivity index (χ2n) is 5.11. The highest BCUT2D eigenvalue weighted by Crippen LogP contribution is 2.58. The molecule has 3 rings (SSSR count). The Morgan fingerprint density at radius 2 is 2.24 bits per heavy atom. The maximum Gasteiger partial charge on any atom is 0.196 e. The van der Waals surface area contributed by atoms with E-state index in [9.17, 15) is 0 Å². The molecule has 1 saturated heterocycles. The zero-order chi connectivity index (χ0) is 11.9. The number of nitrogens with one attached hydrogen (secondary N) is 1. The van der Waals surface area contributed by atoms with Gasteiger partial charge in [-0.3, -0.25) is 0 Å². The van der Waals surface area contributed by atoms with Crippen LogP contribution in [0.1, 0.15) is 18.9 Å². The Morgan fingerprint density at radius 3 is 2.88 bits per heavy atom. The van der Waals surface area contributed by atoms with Crippen LogP contribution in [0.5, 0.6) is 5.75 Å². The zero-order valence-electron chi connectivity index (χ0n) is 10.4. The summed E-state index contributed by atoms with van der Waals surface area (Å²) in [5.41, 5.74) is 1.68. The molecule has 3 unspecified atom stereocenters. The number of para-hydroxylation sites is 1. The first-order valence-electron chi connectivity index (χ1n) is 6.26. The molecule has 0 radical (unpaired) electrons. The topological polar surface area (TPSA) is 30.5 Å². The van der Waals surface area contributed by atoms with Crippen molar-refractivity contribution in [2.75, 3.05) is 20.2 Å². The molecular weight excluding hydrogens is 214 g/mol. The molecular formula is C14H19NO2. The van der Waals surface area contributed by atoms with Crippen molar-refractivity contribution in [3.63, 3.8) is 0 Å². The summed E-state index contributed by atoms with van der Waals surface area (Å²) < 4.78 is 11.0. The molecule has 17 heavy (non-hydrogen) atoms. The molecule has 1 saturated carbocycles. The average Bonchev–Trinajstić information content (AvgIpc) is 2.92. The van der Waals surface area contributed by atoms with E-state index in [2.05, 4.69) is 17.4 Å². The summed E-state index contributed by atoms with van der Waals surface area (Å²) in [7, 11) is 1.67. The van der Waals surface area contributed by atoms with E-state index in [0.717, 1.165) is 24.8 Å². The first-order chi connectivity index (χ1) is 8.26. The Hall–Kier alpha value is -1.06. The van der Waals surface area contributed by atoms with Gasteiger partial charge in [0, 0.05) is 24.6 Å². The van der Waals surface area contributed by atoms with Crippen molar-refractivity contribution in [2.45, 2.75) is 25.0 Å². The third-order valence-corrected chi connectivity index (χ3v) is 4.11. The van der Waals surface area contributed by atoms with Crippen molar-refractivity contribution in [3.05, 3.63) is 29.8 Å². The second-order valence-corrected chi connectivity index (χ2v) is 5.11. The van der Waals surface area contributed by atoms with Crippen LogP contribution in [0.25, 0.3) is 0 Å². The maximum atomic E-state index is 5.85. The summed E-state index contributed by atoms with van der Waals surface area (Å²) in [6, 6.07) is 8.37. The third kappa shape index (κ3) is 1.74. The lowest BCUT2D eigenvalue weighted by Crippen LogP contribution is -2.21. The summed E-state index contributed by atoms with van der Waals surface area (Å²) in [5, 5.41) is 3.47. The summed E-state index contributed by atoms with van der Waals surface area (Å²) in [4.78, 5) is 0. The first-order valence-corrected chi connectivity index (χ1v) is 6.26. The highest BCUT2D eigenvalue weighted by atomic mass is 16.7. The molecule has 0 amide bonds. The fourth-order valence-electron chi connectivity index (χ4n) is 2.97. The van der Waals surface area contributed by atoms with Crippen molar-refractivity contribution in [3.8, 4) is 5.75 Å². The van der Waals surface area contributed by atoms with E-state index < -0.39 is 0 Å². The van der Waals surface area contributed by atoms with Gasteiger partial charge in [0.15, 0.2) is 6.29 Å². The predicted octanol–water partition coefficient (Wildman–Crippen LogP) is 1.92. The minimum absolute atomic E-state index is 0.195. The van der Waals surface area contributed by atoms with E-state index in [1.807, 2.05) is 19.1 Å². The number of fused-ring (bicyclic) bond motifs is 1. The molecule has 1 aliphatic carbocycles. The van der Waals surface area contributed by atoms with Gasteiger partial charge in [-0.1, -0.05) is 18.2 Å². The number of hydrogen-bond donors (Lipinski definition) is 1. The summed E-state index contributed by atoms with van der Waals surface area (Å²) in [6.07, 6.45) is 1.10. The lowest BCUT2D eigenvalue weighted by Gasteiger charge is -2.20. The highest BCUT2D eigenvalue weighted by Gasteiger charge is 2.59. The lowest BCUT2D eigenvalue weighted by molar-refractivity contribution is -0.0390. The summed E-state index contributed by atoms with van der Waals surface area (Å²) in [5.74, 6) is 1.78. The molecule has 3 nitrogen and oxygen atoms in total. The Morgan fingerprint density at radius 1 is 1.41 bits per heavy atom. The van der Waals surface area contributed by atoms with Crippen molar-refractivity contribution >= 4 is 0 Å². The van der Waals surface area contributed by atoms with Gasteiger partial charge in [0.2, 0.25) is 0 Å². The number of rotatable bonds is 4. The quantitative estimate of drug-likeness (QED) is 0.806. The van der Waals surface area contributed by atoms with Crippen LogP contribution in [0.2, 0.25) is 0 Å². The van der Waals surface area contributed by atoms with Crippen LogP contribution in [-0.2, 0) is 10.2 Å². The Labute approximate surface area is 102 Å². The minimum atomic E-state index is -0.195. The molecule has 2 fully saturated rings. The van der Waals surface area contributed by atoms with Crippen LogP contribution in [0.15, 0.2) is 24.3 Å². The monoisotopic (exact) mass is 233 g/mol. The second kappa shape index (κ2) is 4.00. The molecule has 0 spiro atoms. The van der Waals surface area contributed by atoms with Crippen LogP contribution < -0.4 is 10.1 Å². The number of piperidine rings is 1. The standard InChI is InChI=1S/C14H19NO2/c1-10(16-2)17-13-6-4-3-5-12(13)14-7-11(14)8-15-9-14/h3-6,10-11,15H,7-9H2,1-2H3. The molecule has 0 bridgehead atoms. The van der Waals surface area contributed by atoms with Gasteiger partial charge in [0.25, 0.3) is 0 Å². The van der Waals surface area contributed by atoms with Crippen molar-refractivity contribution < 1.29 is 9.47 Å². The molecule has 1 N–H and O–H groups in total. The number of benzene rings is 1. The smallest absolute Gasteiger partial charge is 0.196 e. The van der Waals surface area contributed by atoms with E-state index in [-0.39, 0.29) is 6.29 Å². The van der Waals surface area contributed by atoms with Gasteiger partial charge < -0.3 is 14.8 Å². The van der Waals surface area contributed by atoms with Crippen LogP contribution in [0.4, 0.5) is 0 Å². The molecule has 2 aliphatic rings. The molecule has 1 aromatic carbocycles. The normalized spacial score (nSPS) is 32.0. The minimum Gasteiger partial charge on any atom is -0.465 e. The average molecular weight is 233 g/mol. The lowest BCUT2D eigenvalue weighted by atomic mass is 9.94. The molecule has 3 heteroatoms. The van der Waals surface area contributed by atoms with Crippen molar-refractivity contribution in [1.29, 1.82) is 0 Å². The highest BCUT2D eigenvalue weighted by molar-refractivity contribution is 5.46. The largest absolute Gasteiger partial charge is 0.465 e. The van der Waals surface area contributed by atoms with Gasteiger partial charge in [-0.25, -0.2) is 0 Å².